The number of thioether (sulfide) groups is 1. The summed E-state index contributed by atoms with van der Waals surface area (Å²) < 4.78 is 0.955. The summed E-state index contributed by atoms with van der Waals surface area (Å²) in [7, 11) is 0. The molecule has 0 amide bonds. The first-order valence-corrected chi connectivity index (χ1v) is 8.23. The first kappa shape index (κ1) is 14.9. The van der Waals surface area contributed by atoms with E-state index in [-0.39, 0.29) is 0 Å². The summed E-state index contributed by atoms with van der Waals surface area (Å²) in [5, 5.41) is 0.738. The van der Waals surface area contributed by atoms with Crippen LogP contribution in [0.1, 0.15) is 18.4 Å². The van der Waals surface area contributed by atoms with E-state index in [1.54, 1.807) is 11.8 Å². The van der Waals surface area contributed by atoms with Crippen LogP contribution in [0, 0.1) is 3.57 Å². The molecule has 100 valence electrons. The summed E-state index contributed by atoms with van der Waals surface area (Å²) in [6.07, 6.45) is 0.861. The third-order valence-electron chi connectivity index (χ3n) is 2.49. The molecular formula is C13H13ClIN3S. The highest BCUT2D eigenvalue weighted by atomic mass is 127. The second kappa shape index (κ2) is 6.76. The molecule has 0 radical (unpaired) electrons. The van der Waals surface area contributed by atoms with Crippen molar-refractivity contribution in [3.05, 3.63) is 44.4 Å². The highest BCUT2D eigenvalue weighted by molar-refractivity contribution is 14.1. The number of hydrogen-bond donors (Lipinski definition) is 1. The third kappa shape index (κ3) is 3.97. The van der Waals surface area contributed by atoms with E-state index in [1.807, 2.05) is 24.3 Å². The maximum Gasteiger partial charge on any atom is 0.141 e. The number of hydrogen-bond acceptors (Lipinski definition) is 4. The van der Waals surface area contributed by atoms with Crippen molar-refractivity contribution in [3.8, 4) is 0 Å². The van der Waals surface area contributed by atoms with E-state index in [9.17, 15) is 0 Å². The molecule has 0 aliphatic carbocycles. The summed E-state index contributed by atoms with van der Waals surface area (Å²) in [6, 6.07) is 7.75. The predicted molar refractivity (Wildman–Crippen MR) is 89.6 cm³/mol. The summed E-state index contributed by atoms with van der Waals surface area (Å²) in [4.78, 5) is 9.96. The van der Waals surface area contributed by atoms with Gasteiger partial charge < -0.3 is 5.73 Å². The van der Waals surface area contributed by atoms with Gasteiger partial charge in [0.05, 0.1) is 15.0 Å². The monoisotopic (exact) mass is 405 g/mol. The molecule has 0 fully saturated rings. The molecule has 2 rings (SSSR count). The highest BCUT2D eigenvalue weighted by Gasteiger charge is 2.09. The quantitative estimate of drug-likeness (QED) is 0.613. The molecule has 2 aromatic rings. The number of benzene rings is 1. The molecule has 0 spiro atoms. The summed E-state index contributed by atoms with van der Waals surface area (Å²) in [5.74, 6) is 2.02. The zero-order valence-corrected chi connectivity index (χ0v) is 14.1. The minimum absolute atomic E-state index is 0.564. The van der Waals surface area contributed by atoms with Gasteiger partial charge in [0, 0.05) is 9.92 Å². The zero-order chi connectivity index (χ0) is 13.8. The number of nitrogens with zero attached hydrogens (tertiary/aromatic N) is 2. The van der Waals surface area contributed by atoms with E-state index in [4.69, 9.17) is 17.3 Å². The van der Waals surface area contributed by atoms with Gasteiger partial charge in [-0.15, -0.1) is 11.8 Å². The van der Waals surface area contributed by atoms with Crippen LogP contribution in [0.15, 0.2) is 29.2 Å². The zero-order valence-electron chi connectivity index (χ0n) is 10.4. The van der Waals surface area contributed by atoms with Crippen LogP contribution in [-0.2, 0) is 12.2 Å². The second-order valence-corrected chi connectivity index (χ2v) is 6.45. The number of anilines is 1. The van der Waals surface area contributed by atoms with Crippen molar-refractivity contribution in [1.29, 1.82) is 0 Å². The molecule has 19 heavy (non-hydrogen) atoms. The van der Waals surface area contributed by atoms with Gasteiger partial charge in [0.1, 0.15) is 11.6 Å². The first-order chi connectivity index (χ1) is 9.10. The van der Waals surface area contributed by atoms with Crippen molar-refractivity contribution in [2.45, 2.75) is 24.0 Å². The molecule has 0 unspecified atom stereocenters. The van der Waals surface area contributed by atoms with Gasteiger partial charge in [-0.2, -0.15) is 0 Å². The molecule has 2 N–H and O–H groups in total. The summed E-state index contributed by atoms with van der Waals surface area (Å²) in [5.41, 5.74) is 6.91. The molecule has 0 saturated heterocycles. The van der Waals surface area contributed by atoms with Crippen LogP contribution in [0.2, 0.25) is 5.02 Å². The van der Waals surface area contributed by atoms with Crippen LogP contribution in [0.4, 0.5) is 5.82 Å². The van der Waals surface area contributed by atoms with Crippen molar-refractivity contribution in [2.24, 2.45) is 0 Å². The second-order valence-electron chi connectivity index (χ2n) is 3.89. The molecule has 6 heteroatoms. The lowest BCUT2D eigenvalue weighted by Crippen LogP contribution is -2.06. The highest BCUT2D eigenvalue weighted by Crippen LogP contribution is 2.25. The minimum Gasteiger partial charge on any atom is -0.383 e. The Morgan fingerprint density at radius 1 is 1.37 bits per heavy atom. The van der Waals surface area contributed by atoms with E-state index in [1.165, 1.54) is 0 Å². The standard InChI is InChI=1S/C13H13ClIN3S/c1-2-10-12(15)13(16)18-11(17-10)7-19-9-5-3-4-8(14)6-9/h3-6H,2,7H2,1H3,(H2,16,17,18). The molecular weight excluding hydrogens is 393 g/mol. The number of aromatic nitrogens is 2. The number of nitrogen functional groups attached to an aromatic ring is 1. The van der Waals surface area contributed by atoms with Gasteiger partial charge in [-0.25, -0.2) is 9.97 Å². The van der Waals surface area contributed by atoms with E-state index in [2.05, 4.69) is 39.5 Å². The Kier molecular flexibility index (Phi) is 5.29. The van der Waals surface area contributed by atoms with Crippen LogP contribution < -0.4 is 5.73 Å². The molecule has 1 heterocycles. The molecule has 3 nitrogen and oxygen atoms in total. The minimum atomic E-state index is 0.564. The topological polar surface area (TPSA) is 51.8 Å². The molecule has 0 bridgehead atoms. The molecule has 0 aliphatic rings. The Morgan fingerprint density at radius 2 is 2.16 bits per heavy atom. The van der Waals surface area contributed by atoms with Crippen molar-refractivity contribution in [2.75, 3.05) is 5.73 Å². The predicted octanol–water partition coefficient (Wildman–Crippen LogP) is 4.17. The smallest absolute Gasteiger partial charge is 0.141 e. The first-order valence-electron chi connectivity index (χ1n) is 5.79. The van der Waals surface area contributed by atoms with E-state index >= 15 is 0 Å². The fourth-order valence-corrected chi connectivity index (χ4v) is 3.26. The Morgan fingerprint density at radius 3 is 2.84 bits per heavy atom. The van der Waals surface area contributed by atoms with Gasteiger partial charge in [0.2, 0.25) is 0 Å². The molecule has 0 atom stereocenters. The lowest BCUT2D eigenvalue weighted by Gasteiger charge is -2.07. The lowest BCUT2D eigenvalue weighted by atomic mass is 10.3. The Balaban J connectivity index is 2.13. The third-order valence-corrected chi connectivity index (χ3v) is 4.89. The van der Waals surface area contributed by atoms with E-state index < -0.39 is 0 Å². The Labute approximate surface area is 135 Å². The Hall–Kier alpha value is -0.530. The molecule has 0 saturated carbocycles. The maximum atomic E-state index is 5.95. The van der Waals surface area contributed by atoms with Gasteiger partial charge >= 0.3 is 0 Å². The van der Waals surface area contributed by atoms with Crippen molar-refractivity contribution >= 4 is 51.8 Å². The van der Waals surface area contributed by atoms with E-state index in [0.717, 1.165) is 31.4 Å². The molecule has 0 aliphatic heterocycles. The van der Waals surface area contributed by atoms with Gasteiger partial charge in [0.25, 0.3) is 0 Å². The van der Waals surface area contributed by atoms with Crippen LogP contribution in [0.25, 0.3) is 0 Å². The lowest BCUT2D eigenvalue weighted by molar-refractivity contribution is 0.933. The van der Waals surface area contributed by atoms with Crippen LogP contribution in [0.3, 0.4) is 0 Å². The SMILES string of the molecule is CCc1nc(CSc2cccc(Cl)c2)nc(N)c1I. The van der Waals surface area contributed by atoms with Crippen LogP contribution >= 0.6 is 46.0 Å². The van der Waals surface area contributed by atoms with Crippen molar-refractivity contribution in [3.63, 3.8) is 0 Å². The molecule has 1 aromatic heterocycles. The summed E-state index contributed by atoms with van der Waals surface area (Å²) in [6.45, 7) is 2.07. The van der Waals surface area contributed by atoms with Gasteiger partial charge in [0.15, 0.2) is 0 Å². The Bertz CT molecular complexity index is 592. The van der Waals surface area contributed by atoms with Crippen molar-refractivity contribution in [1.82, 2.24) is 9.97 Å². The average Bonchev–Trinajstić information content (AvgIpc) is 2.40. The van der Waals surface area contributed by atoms with Crippen LogP contribution in [-0.4, -0.2) is 9.97 Å². The number of nitrogens with two attached hydrogens (primary N) is 1. The van der Waals surface area contributed by atoms with Crippen LogP contribution in [0.5, 0.6) is 0 Å². The van der Waals surface area contributed by atoms with Gasteiger partial charge in [-0.3, -0.25) is 0 Å². The molecule has 1 aromatic carbocycles. The maximum absolute atomic E-state index is 5.95. The number of rotatable bonds is 4. The largest absolute Gasteiger partial charge is 0.383 e. The number of halogens is 2. The summed E-state index contributed by atoms with van der Waals surface area (Å²) >= 11 is 9.80. The fraction of sp³-hybridized carbons (Fsp3) is 0.231. The normalized spacial score (nSPS) is 10.7. The fourth-order valence-electron chi connectivity index (χ4n) is 1.57. The van der Waals surface area contributed by atoms with Gasteiger partial charge in [-0.1, -0.05) is 24.6 Å². The van der Waals surface area contributed by atoms with Crippen molar-refractivity contribution < 1.29 is 0 Å². The van der Waals surface area contributed by atoms with Gasteiger partial charge in [-0.05, 0) is 47.2 Å². The number of aryl methyl sites for hydroxylation is 1. The van der Waals surface area contributed by atoms with E-state index in [0.29, 0.717) is 11.6 Å². The average molecular weight is 406 g/mol.